The third-order valence-corrected chi connectivity index (χ3v) is 5.65. The number of amides is 1. The van der Waals surface area contributed by atoms with Crippen LogP contribution in [0.5, 0.6) is 0 Å². The van der Waals surface area contributed by atoms with E-state index in [1.54, 1.807) is 18.0 Å². The highest BCUT2D eigenvalue weighted by atomic mass is 32.2. The first-order valence-corrected chi connectivity index (χ1v) is 10.8. The van der Waals surface area contributed by atoms with E-state index < -0.39 is 0 Å². The first-order valence-electron chi connectivity index (χ1n) is 9.77. The summed E-state index contributed by atoms with van der Waals surface area (Å²) in [5.74, 6) is 0.870. The van der Waals surface area contributed by atoms with Gasteiger partial charge in [0.05, 0.1) is 11.9 Å². The Balaban J connectivity index is 1.24. The molecule has 4 aromatic rings. The number of benzene rings is 2. The third-order valence-electron chi connectivity index (χ3n) is 4.56. The van der Waals surface area contributed by atoms with Crippen LogP contribution in [0, 0.1) is 0 Å². The number of aromatic nitrogens is 3. The maximum atomic E-state index is 12.3. The normalized spacial score (nSPS) is 10.7. The Morgan fingerprint density at radius 2 is 1.77 bits per heavy atom. The van der Waals surface area contributed by atoms with Gasteiger partial charge < -0.3 is 5.32 Å². The van der Waals surface area contributed by atoms with Crippen molar-refractivity contribution in [3.05, 3.63) is 103 Å². The quantitative estimate of drug-likeness (QED) is 0.406. The van der Waals surface area contributed by atoms with E-state index in [-0.39, 0.29) is 5.91 Å². The summed E-state index contributed by atoms with van der Waals surface area (Å²) in [6.45, 7) is 0. The monoisotopic (exact) mass is 414 g/mol. The molecule has 2 aromatic heterocycles. The van der Waals surface area contributed by atoms with Crippen molar-refractivity contribution in [3.8, 4) is 5.69 Å². The molecule has 0 aliphatic carbocycles. The SMILES string of the molecule is O=C(CCc1cnn(-c2ccccc2)c1)Nc1ccc(SCc2cccnc2)cc1. The van der Waals surface area contributed by atoms with Crippen LogP contribution >= 0.6 is 11.8 Å². The van der Waals surface area contributed by atoms with Gasteiger partial charge in [-0.25, -0.2) is 4.68 Å². The van der Waals surface area contributed by atoms with Crippen LogP contribution in [0.25, 0.3) is 5.69 Å². The lowest BCUT2D eigenvalue weighted by atomic mass is 10.2. The second kappa shape index (κ2) is 9.89. The van der Waals surface area contributed by atoms with Crippen molar-refractivity contribution in [2.45, 2.75) is 23.5 Å². The third kappa shape index (κ3) is 5.58. The molecule has 0 aliphatic rings. The molecule has 6 heteroatoms. The van der Waals surface area contributed by atoms with Crippen LogP contribution in [0.4, 0.5) is 5.69 Å². The average molecular weight is 415 g/mol. The molecule has 0 saturated carbocycles. The Hall–Kier alpha value is -3.38. The number of pyridine rings is 1. The van der Waals surface area contributed by atoms with Gasteiger partial charge in [-0.1, -0.05) is 24.3 Å². The lowest BCUT2D eigenvalue weighted by molar-refractivity contribution is -0.116. The number of carbonyl (C=O) groups excluding carboxylic acids is 1. The molecule has 2 aromatic carbocycles. The Morgan fingerprint density at radius 1 is 0.933 bits per heavy atom. The summed E-state index contributed by atoms with van der Waals surface area (Å²) < 4.78 is 1.83. The van der Waals surface area contributed by atoms with Crippen LogP contribution in [0.1, 0.15) is 17.5 Å². The minimum Gasteiger partial charge on any atom is -0.326 e. The lowest BCUT2D eigenvalue weighted by Crippen LogP contribution is -2.12. The summed E-state index contributed by atoms with van der Waals surface area (Å²) in [7, 11) is 0. The van der Waals surface area contributed by atoms with Gasteiger partial charge in [-0.3, -0.25) is 9.78 Å². The predicted molar refractivity (Wildman–Crippen MR) is 121 cm³/mol. The molecule has 5 nitrogen and oxygen atoms in total. The molecular weight excluding hydrogens is 392 g/mol. The van der Waals surface area contributed by atoms with Crippen molar-refractivity contribution < 1.29 is 4.79 Å². The molecule has 0 radical (unpaired) electrons. The van der Waals surface area contributed by atoms with Gasteiger partial charge in [-0.2, -0.15) is 5.10 Å². The summed E-state index contributed by atoms with van der Waals surface area (Å²) in [6, 6.07) is 21.9. The van der Waals surface area contributed by atoms with E-state index in [0.29, 0.717) is 12.8 Å². The summed E-state index contributed by atoms with van der Waals surface area (Å²) in [5, 5.41) is 7.34. The molecule has 0 aliphatic heterocycles. The van der Waals surface area contributed by atoms with Gasteiger partial charge >= 0.3 is 0 Å². The molecule has 1 N–H and O–H groups in total. The minimum absolute atomic E-state index is 0.00164. The van der Waals surface area contributed by atoms with Crippen molar-refractivity contribution in [3.63, 3.8) is 0 Å². The van der Waals surface area contributed by atoms with E-state index in [9.17, 15) is 4.79 Å². The molecular formula is C24H22N4OS. The van der Waals surface area contributed by atoms with Crippen molar-refractivity contribution in [1.29, 1.82) is 0 Å². The number of anilines is 1. The molecule has 4 rings (SSSR count). The number of carbonyl (C=O) groups is 1. The largest absolute Gasteiger partial charge is 0.326 e. The van der Waals surface area contributed by atoms with E-state index >= 15 is 0 Å². The van der Waals surface area contributed by atoms with E-state index in [2.05, 4.69) is 21.5 Å². The van der Waals surface area contributed by atoms with E-state index in [1.165, 1.54) is 5.56 Å². The van der Waals surface area contributed by atoms with Crippen LogP contribution in [-0.4, -0.2) is 20.7 Å². The number of thioether (sulfide) groups is 1. The molecule has 30 heavy (non-hydrogen) atoms. The van der Waals surface area contributed by atoms with Crippen LogP contribution < -0.4 is 5.32 Å². The highest BCUT2D eigenvalue weighted by Crippen LogP contribution is 2.24. The first-order chi connectivity index (χ1) is 14.8. The summed E-state index contributed by atoms with van der Waals surface area (Å²) in [4.78, 5) is 17.6. The number of aryl methyl sites for hydroxylation is 1. The number of nitrogens with zero attached hydrogens (tertiary/aromatic N) is 3. The van der Waals surface area contributed by atoms with Crippen molar-refractivity contribution in [2.24, 2.45) is 0 Å². The molecule has 0 unspecified atom stereocenters. The average Bonchev–Trinajstić information content (AvgIpc) is 3.28. The molecule has 1 amide bonds. The van der Waals surface area contributed by atoms with Crippen molar-refractivity contribution in [1.82, 2.24) is 14.8 Å². The summed E-state index contributed by atoms with van der Waals surface area (Å²) in [6.07, 6.45) is 8.51. The van der Waals surface area contributed by atoms with Crippen LogP contribution in [0.3, 0.4) is 0 Å². The lowest BCUT2D eigenvalue weighted by Gasteiger charge is -2.06. The highest BCUT2D eigenvalue weighted by molar-refractivity contribution is 7.98. The van der Waals surface area contributed by atoms with E-state index in [1.807, 2.05) is 83.9 Å². The van der Waals surface area contributed by atoms with Crippen molar-refractivity contribution >= 4 is 23.4 Å². The standard InChI is InChI=1S/C24H22N4OS/c29-24(13-8-19-16-26-28(17-19)22-6-2-1-3-7-22)27-21-9-11-23(12-10-21)30-18-20-5-4-14-25-15-20/h1-7,9-12,14-17H,8,13,18H2,(H,27,29). The Bertz CT molecular complexity index is 1080. The Morgan fingerprint density at radius 3 is 2.53 bits per heavy atom. The molecule has 0 fully saturated rings. The number of nitrogens with one attached hydrogen (secondary N) is 1. The highest BCUT2D eigenvalue weighted by Gasteiger charge is 2.06. The topological polar surface area (TPSA) is 59.8 Å². The number of hydrogen-bond donors (Lipinski definition) is 1. The summed E-state index contributed by atoms with van der Waals surface area (Å²) >= 11 is 1.75. The summed E-state index contributed by atoms with van der Waals surface area (Å²) in [5.41, 5.74) is 4.05. The smallest absolute Gasteiger partial charge is 0.224 e. The van der Waals surface area contributed by atoms with Crippen LogP contribution in [0.2, 0.25) is 0 Å². The minimum atomic E-state index is -0.00164. The van der Waals surface area contributed by atoms with Gasteiger partial charge in [-0.15, -0.1) is 11.8 Å². The number of hydrogen-bond acceptors (Lipinski definition) is 4. The second-order valence-electron chi connectivity index (χ2n) is 6.85. The fourth-order valence-electron chi connectivity index (χ4n) is 2.98. The fraction of sp³-hybridized carbons (Fsp3) is 0.125. The van der Waals surface area contributed by atoms with E-state index in [0.717, 1.165) is 27.6 Å². The molecule has 0 bridgehead atoms. The first kappa shape index (κ1) is 19.9. The van der Waals surface area contributed by atoms with Crippen molar-refractivity contribution in [2.75, 3.05) is 5.32 Å². The Kier molecular flexibility index (Phi) is 6.57. The zero-order valence-electron chi connectivity index (χ0n) is 16.4. The molecule has 0 atom stereocenters. The van der Waals surface area contributed by atoms with Gasteiger partial charge in [0.25, 0.3) is 0 Å². The van der Waals surface area contributed by atoms with Crippen LogP contribution in [-0.2, 0) is 17.0 Å². The van der Waals surface area contributed by atoms with Gasteiger partial charge in [0.2, 0.25) is 5.91 Å². The number of para-hydroxylation sites is 1. The molecule has 150 valence electrons. The predicted octanol–water partition coefficient (Wildman–Crippen LogP) is 5.13. The molecule has 2 heterocycles. The van der Waals surface area contributed by atoms with Gasteiger partial charge in [0.15, 0.2) is 0 Å². The Labute approximate surface area is 180 Å². The molecule has 0 saturated heterocycles. The van der Waals surface area contributed by atoms with Crippen LogP contribution in [0.15, 0.2) is 96.4 Å². The number of rotatable bonds is 8. The van der Waals surface area contributed by atoms with Gasteiger partial charge in [-0.05, 0) is 60.0 Å². The maximum absolute atomic E-state index is 12.3. The molecule has 0 spiro atoms. The van der Waals surface area contributed by atoms with Gasteiger partial charge in [0, 0.05) is 41.3 Å². The zero-order chi connectivity index (χ0) is 20.6. The van der Waals surface area contributed by atoms with Gasteiger partial charge in [0.1, 0.15) is 0 Å². The van der Waals surface area contributed by atoms with E-state index in [4.69, 9.17) is 0 Å². The zero-order valence-corrected chi connectivity index (χ0v) is 17.3. The maximum Gasteiger partial charge on any atom is 0.224 e. The fourth-order valence-corrected chi connectivity index (χ4v) is 3.81. The second-order valence-corrected chi connectivity index (χ2v) is 7.90.